The maximum Gasteiger partial charge on any atom is 0.347 e. The summed E-state index contributed by atoms with van der Waals surface area (Å²) < 4.78 is 12.2. The molecule has 5 nitrogen and oxygen atoms in total. The molecule has 1 aromatic heterocycles. The van der Waals surface area contributed by atoms with Crippen molar-refractivity contribution in [3.8, 4) is 11.5 Å². The number of methoxy groups -OCH3 is 2. The van der Waals surface area contributed by atoms with Crippen LogP contribution in [0.25, 0.3) is 11.0 Å². The van der Waals surface area contributed by atoms with Crippen molar-refractivity contribution in [2.24, 2.45) is 0 Å². The van der Waals surface area contributed by atoms with E-state index in [1.54, 1.807) is 37.0 Å². The van der Waals surface area contributed by atoms with Gasteiger partial charge in [0.25, 0.3) is 0 Å². The standard InChI is InChI=1S/C17H16N2O3S/c1-21-14-9-8-11(10-15(14)22-2)16(20)19-13-7-5-4-6-12(13)18-17(19)23-3/h4-10H,1-3H3/p+1. The first-order valence-electron chi connectivity index (χ1n) is 7.03. The number of para-hydroxylation sites is 2. The molecule has 3 aromatic rings. The Kier molecular flexibility index (Phi) is 4.25. The zero-order chi connectivity index (χ0) is 16.4. The van der Waals surface area contributed by atoms with Crippen LogP contribution in [0.5, 0.6) is 11.5 Å². The number of benzene rings is 2. The summed E-state index contributed by atoms with van der Waals surface area (Å²) in [6.07, 6.45) is 1.93. The van der Waals surface area contributed by atoms with Crippen molar-refractivity contribution >= 4 is 28.7 Å². The maximum atomic E-state index is 13.0. The number of aromatic nitrogens is 2. The number of nitrogens with zero attached hydrogens (tertiary/aromatic N) is 1. The summed E-state index contributed by atoms with van der Waals surface area (Å²) in [7, 11) is 3.12. The van der Waals surface area contributed by atoms with Gasteiger partial charge in [-0.3, -0.25) is 0 Å². The highest BCUT2D eigenvalue weighted by Crippen LogP contribution is 2.29. The Labute approximate surface area is 138 Å². The number of aromatic amines is 1. The first-order valence-corrected chi connectivity index (χ1v) is 8.25. The molecule has 0 aliphatic carbocycles. The number of H-pyrrole nitrogens is 1. The SMILES string of the molecule is COc1ccc(C(=O)n2c(SC)[nH+]c3ccccc32)cc1OC. The largest absolute Gasteiger partial charge is 0.493 e. The van der Waals surface area contributed by atoms with E-state index in [4.69, 9.17) is 9.47 Å². The Hall–Kier alpha value is -2.47. The molecule has 1 N–H and O–H groups in total. The first-order chi connectivity index (χ1) is 11.2. The van der Waals surface area contributed by atoms with E-state index >= 15 is 0 Å². The Morgan fingerprint density at radius 3 is 2.52 bits per heavy atom. The fourth-order valence-corrected chi connectivity index (χ4v) is 3.07. The summed E-state index contributed by atoms with van der Waals surface area (Å²) in [5, 5.41) is 0.783. The molecule has 0 atom stereocenters. The van der Waals surface area contributed by atoms with Gasteiger partial charge in [0.15, 0.2) is 22.5 Å². The summed E-state index contributed by atoms with van der Waals surface area (Å²) in [6, 6.07) is 12.9. The average Bonchev–Trinajstić information content (AvgIpc) is 2.99. The van der Waals surface area contributed by atoms with Crippen LogP contribution in [0.1, 0.15) is 10.4 Å². The highest BCUT2D eigenvalue weighted by atomic mass is 32.2. The van der Waals surface area contributed by atoms with Crippen molar-refractivity contribution in [2.75, 3.05) is 20.5 Å². The van der Waals surface area contributed by atoms with Crippen LogP contribution in [-0.2, 0) is 0 Å². The second-order valence-electron chi connectivity index (χ2n) is 4.86. The van der Waals surface area contributed by atoms with E-state index < -0.39 is 0 Å². The minimum Gasteiger partial charge on any atom is -0.493 e. The average molecular weight is 329 g/mol. The molecule has 0 radical (unpaired) electrons. The van der Waals surface area contributed by atoms with Crippen LogP contribution in [0.3, 0.4) is 0 Å². The van der Waals surface area contributed by atoms with Crippen molar-refractivity contribution in [3.63, 3.8) is 0 Å². The number of thioether (sulfide) groups is 1. The van der Waals surface area contributed by atoms with Gasteiger partial charge in [-0.25, -0.2) is 9.78 Å². The van der Waals surface area contributed by atoms with Crippen LogP contribution < -0.4 is 14.5 Å². The highest BCUT2D eigenvalue weighted by Gasteiger charge is 2.26. The molecule has 0 amide bonds. The lowest BCUT2D eigenvalue weighted by atomic mass is 10.2. The fraction of sp³-hybridized carbons (Fsp3) is 0.176. The van der Waals surface area contributed by atoms with Crippen LogP contribution in [0, 0.1) is 0 Å². The summed E-state index contributed by atoms with van der Waals surface area (Å²) in [4.78, 5) is 16.3. The van der Waals surface area contributed by atoms with E-state index in [1.165, 1.54) is 11.8 Å². The molecule has 3 rings (SSSR count). The zero-order valence-electron chi connectivity index (χ0n) is 13.1. The van der Waals surface area contributed by atoms with Gasteiger partial charge >= 0.3 is 11.1 Å². The minimum absolute atomic E-state index is 0.118. The number of ether oxygens (including phenoxy) is 2. The van der Waals surface area contributed by atoms with Crippen molar-refractivity contribution < 1.29 is 19.3 Å². The van der Waals surface area contributed by atoms with Gasteiger partial charge in [-0.15, -0.1) is 4.57 Å². The third kappa shape index (κ3) is 2.66. The van der Waals surface area contributed by atoms with Gasteiger partial charge in [0, 0.05) is 0 Å². The van der Waals surface area contributed by atoms with E-state index in [-0.39, 0.29) is 5.91 Å². The summed E-state index contributed by atoms with van der Waals surface area (Å²) in [5.74, 6) is 1.01. The zero-order valence-corrected chi connectivity index (χ0v) is 13.9. The molecule has 0 spiro atoms. The van der Waals surface area contributed by atoms with Gasteiger partial charge in [-0.05, 0) is 48.3 Å². The van der Waals surface area contributed by atoms with Gasteiger partial charge in [0.1, 0.15) is 0 Å². The number of imidazole rings is 1. The van der Waals surface area contributed by atoms with Crippen LogP contribution in [0.4, 0.5) is 0 Å². The summed E-state index contributed by atoms with van der Waals surface area (Å²) in [5.41, 5.74) is 2.30. The number of hydrogen-bond acceptors (Lipinski definition) is 4. The number of hydrogen-bond donors (Lipinski definition) is 0. The quantitative estimate of drug-likeness (QED) is 0.691. The molecule has 2 aromatic carbocycles. The molecule has 0 aliphatic heterocycles. The number of nitrogens with one attached hydrogen (secondary N) is 1. The van der Waals surface area contributed by atoms with E-state index in [2.05, 4.69) is 4.98 Å². The predicted octanol–water partition coefficient (Wildman–Crippen LogP) is 2.88. The number of carbonyl (C=O) groups is 1. The van der Waals surface area contributed by atoms with Crippen LogP contribution in [0.15, 0.2) is 47.6 Å². The normalized spacial score (nSPS) is 10.7. The third-order valence-electron chi connectivity index (χ3n) is 3.62. The maximum absolute atomic E-state index is 13.0. The number of rotatable bonds is 4. The smallest absolute Gasteiger partial charge is 0.347 e. The molecule has 118 valence electrons. The summed E-state index contributed by atoms with van der Waals surface area (Å²) in [6.45, 7) is 0. The fourth-order valence-electron chi connectivity index (χ4n) is 2.50. The Balaban J connectivity index is 2.14. The van der Waals surface area contributed by atoms with Gasteiger partial charge in [-0.1, -0.05) is 12.1 Å². The molecule has 1 heterocycles. The molecular formula is C17H17N2O3S+. The number of carbonyl (C=O) groups excluding carboxylic acids is 1. The van der Waals surface area contributed by atoms with E-state index in [1.807, 2.05) is 30.5 Å². The molecule has 0 aliphatic rings. The van der Waals surface area contributed by atoms with Gasteiger partial charge in [0.05, 0.1) is 19.8 Å². The first kappa shape index (κ1) is 15.4. The molecule has 0 unspecified atom stereocenters. The molecule has 0 bridgehead atoms. The van der Waals surface area contributed by atoms with E-state index in [9.17, 15) is 4.79 Å². The lowest BCUT2D eigenvalue weighted by Crippen LogP contribution is -2.16. The summed E-state index contributed by atoms with van der Waals surface area (Å²) >= 11 is 1.49. The Morgan fingerprint density at radius 1 is 1.09 bits per heavy atom. The van der Waals surface area contributed by atoms with E-state index in [0.717, 1.165) is 16.2 Å². The van der Waals surface area contributed by atoms with Gasteiger partial charge in [-0.2, -0.15) is 0 Å². The second kappa shape index (κ2) is 6.34. The van der Waals surface area contributed by atoms with Crippen LogP contribution in [0.2, 0.25) is 0 Å². The lowest BCUT2D eigenvalue weighted by molar-refractivity contribution is -0.398. The molecular weight excluding hydrogens is 312 g/mol. The third-order valence-corrected chi connectivity index (χ3v) is 4.29. The van der Waals surface area contributed by atoms with Gasteiger partial charge < -0.3 is 9.47 Å². The van der Waals surface area contributed by atoms with Crippen molar-refractivity contribution in [1.82, 2.24) is 4.57 Å². The Morgan fingerprint density at radius 2 is 1.83 bits per heavy atom. The lowest BCUT2D eigenvalue weighted by Gasteiger charge is -2.08. The number of fused-ring (bicyclic) bond motifs is 1. The highest BCUT2D eigenvalue weighted by molar-refractivity contribution is 7.98. The molecule has 6 heteroatoms. The Bertz CT molecular complexity index is 873. The minimum atomic E-state index is -0.118. The molecule has 0 saturated heterocycles. The van der Waals surface area contributed by atoms with E-state index in [0.29, 0.717) is 17.1 Å². The monoisotopic (exact) mass is 329 g/mol. The van der Waals surface area contributed by atoms with Crippen LogP contribution >= 0.6 is 11.8 Å². The van der Waals surface area contributed by atoms with Crippen LogP contribution in [-0.4, -0.2) is 30.9 Å². The predicted molar refractivity (Wildman–Crippen MR) is 89.5 cm³/mol. The van der Waals surface area contributed by atoms with Crippen molar-refractivity contribution in [1.29, 1.82) is 0 Å². The molecule has 0 fully saturated rings. The van der Waals surface area contributed by atoms with Crippen molar-refractivity contribution in [2.45, 2.75) is 5.16 Å². The molecule has 0 saturated carbocycles. The molecule has 23 heavy (non-hydrogen) atoms. The van der Waals surface area contributed by atoms with Gasteiger partial charge in [0.2, 0.25) is 0 Å². The topological polar surface area (TPSA) is 54.6 Å². The second-order valence-corrected chi connectivity index (χ2v) is 5.66. The van der Waals surface area contributed by atoms with Crippen molar-refractivity contribution in [3.05, 3.63) is 48.0 Å².